The molecule has 0 aliphatic carbocycles. The summed E-state index contributed by atoms with van der Waals surface area (Å²) in [6.45, 7) is 3.96. The maximum atomic E-state index is 12.3. The molecule has 2 fully saturated rings. The molecule has 3 heterocycles. The first-order chi connectivity index (χ1) is 9.29. The van der Waals surface area contributed by atoms with Crippen molar-refractivity contribution in [2.75, 3.05) is 26.2 Å². The number of halogens is 2. The van der Waals surface area contributed by atoms with Crippen LogP contribution in [0, 0.1) is 5.41 Å². The highest BCUT2D eigenvalue weighted by Gasteiger charge is 2.36. The van der Waals surface area contributed by atoms with Gasteiger partial charge < -0.3 is 10.2 Å². The molecule has 2 aliphatic heterocycles. The molecular weight excluding hydrogens is 311 g/mol. The van der Waals surface area contributed by atoms with E-state index in [0.717, 1.165) is 39.0 Å². The number of piperidine rings is 2. The molecule has 0 aromatic carbocycles. The van der Waals surface area contributed by atoms with E-state index in [4.69, 9.17) is 0 Å². The molecule has 0 saturated carbocycles. The van der Waals surface area contributed by atoms with Crippen molar-refractivity contribution in [2.24, 2.45) is 5.41 Å². The van der Waals surface area contributed by atoms with E-state index in [1.807, 2.05) is 4.90 Å². The van der Waals surface area contributed by atoms with Gasteiger partial charge in [-0.2, -0.15) is 0 Å². The summed E-state index contributed by atoms with van der Waals surface area (Å²) in [4.78, 5) is 22.3. The number of nitrogens with zero attached hydrogens (tertiary/aromatic N) is 3. The Hall–Kier alpha value is -0.910. The third-order valence-corrected chi connectivity index (χ3v) is 4.56. The summed E-state index contributed by atoms with van der Waals surface area (Å²) >= 11 is 0. The van der Waals surface area contributed by atoms with Crippen LogP contribution < -0.4 is 5.32 Å². The Kier molecular flexibility index (Phi) is 6.84. The quantitative estimate of drug-likeness (QED) is 0.853. The second-order valence-corrected chi connectivity index (χ2v) is 5.63. The fourth-order valence-electron chi connectivity index (χ4n) is 3.21. The van der Waals surface area contributed by atoms with Gasteiger partial charge in [0, 0.05) is 25.5 Å². The maximum Gasteiger partial charge on any atom is 0.274 e. The van der Waals surface area contributed by atoms with E-state index in [9.17, 15) is 4.79 Å². The van der Waals surface area contributed by atoms with Gasteiger partial charge in [-0.15, -0.1) is 24.8 Å². The monoisotopic (exact) mass is 332 g/mol. The first-order valence-corrected chi connectivity index (χ1v) is 7.05. The molecule has 0 unspecified atom stereocenters. The Balaban J connectivity index is 0.00000110. The van der Waals surface area contributed by atoms with Crippen LogP contribution in [0.3, 0.4) is 0 Å². The van der Waals surface area contributed by atoms with Gasteiger partial charge in [-0.05, 0) is 44.2 Å². The van der Waals surface area contributed by atoms with Crippen molar-refractivity contribution in [1.82, 2.24) is 20.2 Å². The summed E-state index contributed by atoms with van der Waals surface area (Å²) in [6, 6.07) is 0. The van der Waals surface area contributed by atoms with E-state index in [1.54, 1.807) is 18.6 Å². The van der Waals surface area contributed by atoms with Gasteiger partial charge in [0.05, 0.1) is 6.20 Å². The Labute approximate surface area is 137 Å². The van der Waals surface area contributed by atoms with Crippen molar-refractivity contribution in [3.05, 3.63) is 24.3 Å². The molecule has 0 radical (unpaired) electrons. The Morgan fingerprint density at radius 3 is 2.33 bits per heavy atom. The van der Waals surface area contributed by atoms with Gasteiger partial charge >= 0.3 is 0 Å². The third-order valence-electron chi connectivity index (χ3n) is 4.56. The number of carbonyl (C=O) groups excluding carboxylic acids is 1. The summed E-state index contributed by atoms with van der Waals surface area (Å²) in [5.74, 6) is 0.0249. The van der Waals surface area contributed by atoms with Crippen LogP contribution in [0.15, 0.2) is 18.6 Å². The average molecular weight is 333 g/mol. The number of carbonyl (C=O) groups is 1. The van der Waals surface area contributed by atoms with Crippen LogP contribution in [-0.2, 0) is 0 Å². The number of rotatable bonds is 1. The minimum atomic E-state index is 0. The van der Waals surface area contributed by atoms with E-state index >= 15 is 0 Å². The lowest BCUT2D eigenvalue weighted by Crippen LogP contribution is -2.47. The molecule has 1 spiro atoms. The van der Waals surface area contributed by atoms with E-state index < -0.39 is 0 Å². The van der Waals surface area contributed by atoms with Gasteiger partial charge in [0.25, 0.3) is 5.91 Å². The highest BCUT2D eigenvalue weighted by molar-refractivity contribution is 5.92. The van der Waals surface area contributed by atoms with Crippen molar-refractivity contribution >= 4 is 30.7 Å². The number of likely N-dealkylation sites (tertiary alicyclic amines) is 1. The van der Waals surface area contributed by atoms with Crippen LogP contribution in [0.4, 0.5) is 0 Å². The topological polar surface area (TPSA) is 58.1 Å². The molecule has 21 heavy (non-hydrogen) atoms. The molecule has 0 bridgehead atoms. The Morgan fingerprint density at radius 2 is 1.76 bits per heavy atom. The highest BCUT2D eigenvalue weighted by atomic mass is 35.5. The fourth-order valence-corrected chi connectivity index (χ4v) is 3.21. The molecule has 1 aromatic rings. The number of hydrogen-bond donors (Lipinski definition) is 1. The fraction of sp³-hybridized carbons (Fsp3) is 0.643. The van der Waals surface area contributed by atoms with Gasteiger partial charge in [0.2, 0.25) is 0 Å². The lowest BCUT2D eigenvalue weighted by molar-refractivity contribution is 0.0490. The van der Waals surface area contributed by atoms with Crippen LogP contribution in [0.2, 0.25) is 0 Å². The highest BCUT2D eigenvalue weighted by Crippen LogP contribution is 2.39. The first kappa shape index (κ1) is 18.1. The number of amides is 1. The molecule has 1 N–H and O–H groups in total. The minimum absolute atomic E-state index is 0. The summed E-state index contributed by atoms with van der Waals surface area (Å²) in [5.41, 5.74) is 0.938. The first-order valence-electron chi connectivity index (χ1n) is 7.05. The molecule has 1 amide bonds. The Bertz CT molecular complexity index is 442. The lowest BCUT2D eigenvalue weighted by atomic mass is 9.71. The molecular formula is C14H22Cl2N4O. The lowest BCUT2D eigenvalue weighted by Gasteiger charge is -2.44. The molecule has 2 saturated heterocycles. The second-order valence-electron chi connectivity index (χ2n) is 5.63. The van der Waals surface area contributed by atoms with E-state index in [-0.39, 0.29) is 30.7 Å². The third kappa shape index (κ3) is 4.05. The average Bonchev–Trinajstić information content (AvgIpc) is 2.49. The summed E-state index contributed by atoms with van der Waals surface area (Å²) in [7, 11) is 0. The zero-order chi connectivity index (χ0) is 13.1. The van der Waals surface area contributed by atoms with Gasteiger partial charge in [0.15, 0.2) is 0 Å². The van der Waals surface area contributed by atoms with Crippen molar-refractivity contribution in [2.45, 2.75) is 25.7 Å². The van der Waals surface area contributed by atoms with Crippen LogP contribution in [0.1, 0.15) is 36.2 Å². The Morgan fingerprint density at radius 1 is 1.10 bits per heavy atom. The van der Waals surface area contributed by atoms with Crippen LogP contribution >= 0.6 is 24.8 Å². The molecule has 0 atom stereocenters. The zero-order valence-corrected chi connectivity index (χ0v) is 13.6. The van der Waals surface area contributed by atoms with Gasteiger partial charge in [-0.25, -0.2) is 4.98 Å². The molecule has 3 rings (SSSR count). The van der Waals surface area contributed by atoms with Gasteiger partial charge in [-0.1, -0.05) is 0 Å². The van der Waals surface area contributed by atoms with Gasteiger partial charge in [-0.3, -0.25) is 9.78 Å². The van der Waals surface area contributed by atoms with Crippen molar-refractivity contribution in [1.29, 1.82) is 0 Å². The normalized spacial score (nSPS) is 20.3. The molecule has 7 heteroatoms. The van der Waals surface area contributed by atoms with E-state index in [0.29, 0.717) is 11.1 Å². The molecule has 5 nitrogen and oxygen atoms in total. The molecule has 2 aliphatic rings. The maximum absolute atomic E-state index is 12.3. The largest absolute Gasteiger partial charge is 0.337 e. The zero-order valence-electron chi connectivity index (χ0n) is 12.0. The van der Waals surface area contributed by atoms with Gasteiger partial charge in [0.1, 0.15) is 5.69 Å². The van der Waals surface area contributed by atoms with Crippen molar-refractivity contribution < 1.29 is 4.79 Å². The number of hydrogen-bond acceptors (Lipinski definition) is 4. The second kappa shape index (κ2) is 7.92. The van der Waals surface area contributed by atoms with Crippen LogP contribution in [0.5, 0.6) is 0 Å². The molecule has 118 valence electrons. The SMILES string of the molecule is Cl.Cl.O=C(c1cnccn1)N1CCC2(CCNCC2)CC1. The minimum Gasteiger partial charge on any atom is -0.337 e. The molecule has 1 aromatic heterocycles. The predicted octanol–water partition coefficient (Wildman–Crippen LogP) is 1.93. The van der Waals surface area contributed by atoms with Crippen molar-refractivity contribution in [3.63, 3.8) is 0 Å². The van der Waals surface area contributed by atoms with E-state index in [2.05, 4.69) is 15.3 Å². The summed E-state index contributed by atoms with van der Waals surface area (Å²) < 4.78 is 0. The number of nitrogens with one attached hydrogen (secondary N) is 1. The van der Waals surface area contributed by atoms with E-state index in [1.165, 1.54) is 12.8 Å². The smallest absolute Gasteiger partial charge is 0.274 e. The van der Waals surface area contributed by atoms with Crippen LogP contribution in [0.25, 0.3) is 0 Å². The standard InChI is InChI=1S/C14H20N4O.2ClH/c19-13(12-11-16-7-8-17-12)18-9-3-14(4-10-18)1-5-15-6-2-14;;/h7-8,11,15H,1-6,9-10H2;2*1H. The summed E-state index contributed by atoms with van der Waals surface area (Å²) in [5, 5.41) is 3.42. The van der Waals surface area contributed by atoms with Crippen molar-refractivity contribution in [3.8, 4) is 0 Å². The summed E-state index contributed by atoms with van der Waals surface area (Å²) in [6.07, 6.45) is 9.47. The van der Waals surface area contributed by atoms with Crippen LogP contribution in [-0.4, -0.2) is 47.0 Å². The number of aromatic nitrogens is 2. The predicted molar refractivity (Wildman–Crippen MR) is 86.2 cm³/mol.